The Morgan fingerprint density at radius 3 is 2.87 bits per heavy atom. The van der Waals surface area contributed by atoms with Gasteiger partial charge in [0.2, 0.25) is 5.91 Å². The van der Waals surface area contributed by atoms with Gasteiger partial charge < -0.3 is 14.8 Å². The molecule has 3 aliphatic rings. The van der Waals surface area contributed by atoms with Crippen LogP contribution >= 0.6 is 11.6 Å². The van der Waals surface area contributed by atoms with Crippen LogP contribution in [0.25, 0.3) is 0 Å². The Balaban J connectivity index is 1.26. The van der Waals surface area contributed by atoms with Crippen LogP contribution in [0.4, 0.5) is 11.4 Å². The average molecular weight is 440 g/mol. The first-order valence-electron chi connectivity index (χ1n) is 10.3. The highest BCUT2D eigenvalue weighted by molar-refractivity contribution is 6.32. The number of carbonyl (C=O) groups is 2. The summed E-state index contributed by atoms with van der Waals surface area (Å²) >= 11 is 6.21. The molecule has 0 aliphatic carbocycles. The number of anilines is 1. The number of hydrogen-bond donors (Lipinski definition) is 1. The lowest BCUT2D eigenvalue weighted by Gasteiger charge is -2.35. The number of ketones is 1. The third kappa shape index (κ3) is 3.79. The van der Waals surface area contributed by atoms with E-state index in [4.69, 9.17) is 26.1 Å². The van der Waals surface area contributed by atoms with Crippen LogP contribution in [0.5, 0.6) is 11.5 Å². The number of nitrogens with zero attached hydrogens (tertiary/aromatic N) is 2. The topological polar surface area (TPSA) is 80.2 Å². The maximum absolute atomic E-state index is 13.1. The lowest BCUT2D eigenvalue weighted by atomic mass is 9.84. The monoisotopic (exact) mass is 439 g/mol. The second-order valence-electron chi connectivity index (χ2n) is 7.98. The zero-order valence-corrected chi connectivity index (χ0v) is 17.9. The van der Waals surface area contributed by atoms with Crippen molar-refractivity contribution in [1.29, 1.82) is 0 Å². The van der Waals surface area contributed by atoms with Crippen molar-refractivity contribution >= 4 is 40.4 Å². The van der Waals surface area contributed by atoms with Crippen molar-refractivity contribution in [3.63, 3.8) is 0 Å². The zero-order chi connectivity index (χ0) is 21.5. The largest absolute Gasteiger partial charge is 0.486 e. The SMILES string of the molecule is Cc1c(Cl)ccc2c1N=C1CCN(CC(=O)Nc3ccc4c(c3)OCCO4)CC1C2=O. The van der Waals surface area contributed by atoms with Gasteiger partial charge >= 0.3 is 0 Å². The number of halogens is 1. The second kappa shape index (κ2) is 7.98. The van der Waals surface area contributed by atoms with Crippen molar-refractivity contribution in [2.75, 3.05) is 38.2 Å². The molecule has 1 N–H and O–H groups in total. The Hall–Kier alpha value is -2.90. The van der Waals surface area contributed by atoms with Crippen LogP contribution < -0.4 is 14.8 Å². The minimum absolute atomic E-state index is 0.0525. The first-order valence-corrected chi connectivity index (χ1v) is 10.7. The minimum Gasteiger partial charge on any atom is -0.486 e. The summed E-state index contributed by atoms with van der Waals surface area (Å²) in [5, 5.41) is 3.52. The van der Waals surface area contributed by atoms with E-state index in [1.807, 2.05) is 11.8 Å². The van der Waals surface area contributed by atoms with Gasteiger partial charge in [0.05, 0.1) is 18.2 Å². The normalized spacial score (nSPS) is 19.9. The molecule has 1 atom stereocenters. The smallest absolute Gasteiger partial charge is 0.238 e. The van der Waals surface area contributed by atoms with Crippen LogP contribution in [0.2, 0.25) is 5.02 Å². The minimum atomic E-state index is -0.316. The Morgan fingerprint density at radius 1 is 1.23 bits per heavy atom. The molecule has 2 aromatic rings. The van der Waals surface area contributed by atoms with Gasteiger partial charge in [0.25, 0.3) is 0 Å². The molecule has 3 aliphatic heterocycles. The van der Waals surface area contributed by atoms with Crippen molar-refractivity contribution < 1.29 is 19.1 Å². The van der Waals surface area contributed by atoms with Gasteiger partial charge in [-0.1, -0.05) is 11.6 Å². The number of benzene rings is 2. The van der Waals surface area contributed by atoms with Gasteiger partial charge in [-0.2, -0.15) is 0 Å². The van der Waals surface area contributed by atoms with E-state index in [1.165, 1.54) is 0 Å². The number of hydrogen-bond acceptors (Lipinski definition) is 6. The third-order valence-electron chi connectivity index (χ3n) is 5.92. The van der Waals surface area contributed by atoms with E-state index in [2.05, 4.69) is 5.32 Å². The van der Waals surface area contributed by atoms with Crippen LogP contribution in [0, 0.1) is 12.8 Å². The highest BCUT2D eigenvalue weighted by Gasteiger charge is 2.37. The maximum Gasteiger partial charge on any atom is 0.238 e. The van der Waals surface area contributed by atoms with Gasteiger partial charge in [0.1, 0.15) is 13.2 Å². The van der Waals surface area contributed by atoms with Crippen molar-refractivity contribution in [1.82, 2.24) is 4.90 Å². The molecule has 2 aromatic carbocycles. The summed E-state index contributed by atoms with van der Waals surface area (Å²) in [5.41, 5.74) is 3.67. The Bertz CT molecular complexity index is 1110. The van der Waals surface area contributed by atoms with Gasteiger partial charge in [0, 0.05) is 41.1 Å². The van der Waals surface area contributed by atoms with Crippen molar-refractivity contribution in [3.8, 4) is 11.5 Å². The highest BCUT2D eigenvalue weighted by Crippen LogP contribution is 2.37. The molecule has 0 radical (unpaired) electrons. The quantitative estimate of drug-likeness (QED) is 0.789. The molecular weight excluding hydrogens is 418 g/mol. The summed E-state index contributed by atoms with van der Waals surface area (Å²) in [4.78, 5) is 32.5. The molecule has 160 valence electrons. The standard InChI is InChI=1S/C23H22ClN3O4/c1-13-17(24)4-3-15-22(13)26-18-6-7-27(11-16(18)23(15)29)12-21(28)25-14-2-5-19-20(10-14)31-9-8-30-19/h2-5,10,16H,6-9,11-12H2,1H3,(H,25,28). The van der Waals surface area contributed by atoms with Gasteiger partial charge in [-0.3, -0.25) is 19.5 Å². The summed E-state index contributed by atoms with van der Waals surface area (Å²) in [6, 6.07) is 8.85. The number of amides is 1. The summed E-state index contributed by atoms with van der Waals surface area (Å²) in [6.45, 7) is 4.26. The molecule has 0 aromatic heterocycles. The lowest BCUT2D eigenvalue weighted by molar-refractivity contribution is -0.117. The molecule has 8 heteroatoms. The molecule has 0 bridgehead atoms. The highest BCUT2D eigenvalue weighted by atomic mass is 35.5. The number of ether oxygens (including phenoxy) is 2. The second-order valence-corrected chi connectivity index (χ2v) is 8.39. The van der Waals surface area contributed by atoms with E-state index < -0.39 is 0 Å². The molecule has 3 heterocycles. The fourth-order valence-electron chi connectivity index (χ4n) is 4.29. The molecule has 1 unspecified atom stereocenters. The van der Waals surface area contributed by atoms with E-state index in [1.54, 1.807) is 30.3 Å². The number of nitrogens with one attached hydrogen (secondary N) is 1. The molecule has 7 nitrogen and oxygen atoms in total. The van der Waals surface area contributed by atoms with E-state index in [9.17, 15) is 9.59 Å². The number of carbonyl (C=O) groups excluding carboxylic acids is 2. The number of piperidine rings is 1. The van der Waals surface area contributed by atoms with Crippen molar-refractivity contribution in [3.05, 3.63) is 46.5 Å². The molecular formula is C23H22ClN3O4. The van der Waals surface area contributed by atoms with Crippen LogP contribution in [0.15, 0.2) is 35.3 Å². The summed E-state index contributed by atoms with van der Waals surface area (Å²) < 4.78 is 11.1. The molecule has 0 saturated carbocycles. The summed E-state index contributed by atoms with van der Waals surface area (Å²) in [7, 11) is 0. The van der Waals surface area contributed by atoms with Gasteiger partial charge in [0.15, 0.2) is 17.3 Å². The third-order valence-corrected chi connectivity index (χ3v) is 6.33. The van der Waals surface area contributed by atoms with Crippen LogP contribution in [0.1, 0.15) is 22.3 Å². The van der Waals surface area contributed by atoms with Crippen LogP contribution in [0.3, 0.4) is 0 Å². The molecule has 31 heavy (non-hydrogen) atoms. The Kier molecular flexibility index (Phi) is 5.16. The molecule has 5 rings (SSSR count). The average Bonchev–Trinajstić information content (AvgIpc) is 2.77. The van der Waals surface area contributed by atoms with E-state index >= 15 is 0 Å². The molecule has 0 spiro atoms. The Labute approximate surface area is 185 Å². The molecule has 1 amide bonds. The summed E-state index contributed by atoms with van der Waals surface area (Å²) in [6.07, 6.45) is 0.652. The number of rotatable bonds is 3. The van der Waals surface area contributed by atoms with E-state index in [-0.39, 0.29) is 24.2 Å². The van der Waals surface area contributed by atoms with E-state index in [0.29, 0.717) is 66.2 Å². The van der Waals surface area contributed by atoms with Gasteiger partial charge in [-0.15, -0.1) is 0 Å². The number of Topliss-reactive ketones (excluding diaryl/α,β-unsaturated/α-hetero) is 1. The van der Waals surface area contributed by atoms with Crippen molar-refractivity contribution in [2.45, 2.75) is 13.3 Å². The number of aliphatic imine (C=N–C) groups is 1. The fourth-order valence-corrected chi connectivity index (χ4v) is 4.44. The fraction of sp³-hybridized carbons (Fsp3) is 0.348. The van der Waals surface area contributed by atoms with Crippen molar-refractivity contribution in [2.24, 2.45) is 10.9 Å². The summed E-state index contributed by atoms with van der Waals surface area (Å²) in [5.74, 6) is 0.911. The predicted octanol–water partition coefficient (Wildman–Crippen LogP) is 3.65. The van der Waals surface area contributed by atoms with Crippen LogP contribution in [-0.2, 0) is 4.79 Å². The predicted molar refractivity (Wildman–Crippen MR) is 118 cm³/mol. The number of likely N-dealkylation sites (tertiary alicyclic amines) is 1. The molecule has 1 fully saturated rings. The molecule has 1 saturated heterocycles. The zero-order valence-electron chi connectivity index (χ0n) is 17.1. The van der Waals surface area contributed by atoms with Gasteiger partial charge in [-0.25, -0.2) is 0 Å². The first kappa shape index (κ1) is 20.0. The maximum atomic E-state index is 13.1. The Morgan fingerprint density at radius 2 is 2.03 bits per heavy atom. The van der Waals surface area contributed by atoms with Gasteiger partial charge in [-0.05, 0) is 43.2 Å². The first-order chi connectivity index (χ1) is 15.0. The van der Waals surface area contributed by atoms with E-state index in [0.717, 1.165) is 11.3 Å². The number of fused-ring (bicyclic) bond motifs is 3. The lowest BCUT2D eigenvalue weighted by Crippen LogP contribution is -2.47. The van der Waals surface area contributed by atoms with Crippen LogP contribution in [-0.4, -0.2) is 55.2 Å².